The predicted molar refractivity (Wildman–Crippen MR) is 66.7 cm³/mol. The van der Waals surface area contributed by atoms with Crippen molar-refractivity contribution in [2.45, 2.75) is 60.3 Å². The second-order valence-corrected chi connectivity index (χ2v) is 6.74. The summed E-state index contributed by atoms with van der Waals surface area (Å²) in [6.07, 6.45) is 5.89. The highest BCUT2D eigenvalue weighted by molar-refractivity contribution is 5.11. The van der Waals surface area contributed by atoms with Crippen molar-refractivity contribution in [1.29, 1.82) is 0 Å². The van der Waals surface area contributed by atoms with Crippen LogP contribution >= 0.6 is 0 Å². The summed E-state index contributed by atoms with van der Waals surface area (Å²) < 4.78 is 0. The summed E-state index contributed by atoms with van der Waals surface area (Å²) in [7, 11) is 0. The van der Waals surface area contributed by atoms with Gasteiger partial charge in [0, 0.05) is 0 Å². The molecule has 0 aromatic rings. The molecular weight excluding hydrogens is 180 g/mol. The molecule has 0 radical (unpaired) electrons. The molecule has 0 nitrogen and oxygen atoms in total. The average molecular weight is 208 g/mol. The van der Waals surface area contributed by atoms with Crippen LogP contribution in [0.2, 0.25) is 0 Å². The Morgan fingerprint density at radius 3 is 2.33 bits per heavy atom. The van der Waals surface area contributed by atoms with Crippen molar-refractivity contribution in [3.63, 3.8) is 0 Å². The predicted octanol–water partition coefficient (Wildman–Crippen LogP) is 4.74. The van der Waals surface area contributed by atoms with Crippen molar-refractivity contribution in [2.24, 2.45) is 35.0 Å². The van der Waals surface area contributed by atoms with Crippen LogP contribution in [0.25, 0.3) is 0 Å². The van der Waals surface area contributed by atoms with Crippen LogP contribution in [0, 0.1) is 35.0 Å². The summed E-state index contributed by atoms with van der Waals surface area (Å²) in [5, 5.41) is 0. The zero-order valence-corrected chi connectivity index (χ0v) is 11.2. The summed E-state index contributed by atoms with van der Waals surface area (Å²) in [4.78, 5) is 0. The monoisotopic (exact) mass is 208 g/mol. The highest BCUT2D eigenvalue weighted by atomic mass is 14.7. The van der Waals surface area contributed by atoms with Crippen molar-refractivity contribution < 1.29 is 0 Å². The summed E-state index contributed by atoms with van der Waals surface area (Å²) >= 11 is 0. The third kappa shape index (κ3) is 1.47. The SMILES string of the molecule is CCCC(C(C)C)C1CC2CC(C)C21C. The van der Waals surface area contributed by atoms with Crippen LogP contribution in [0.4, 0.5) is 0 Å². The Labute approximate surface area is 95.8 Å². The molecule has 0 saturated heterocycles. The molecule has 0 aromatic heterocycles. The van der Waals surface area contributed by atoms with E-state index in [0.717, 1.165) is 35.0 Å². The van der Waals surface area contributed by atoms with Gasteiger partial charge < -0.3 is 0 Å². The van der Waals surface area contributed by atoms with Gasteiger partial charge in [-0.05, 0) is 47.8 Å². The molecule has 0 heteroatoms. The van der Waals surface area contributed by atoms with Gasteiger partial charge in [-0.25, -0.2) is 0 Å². The molecule has 2 rings (SSSR count). The molecule has 0 aliphatic heterocycles. The fourth-order valence-corrected chi connectivity index (χ4v) is 4.56. The first-order valence-corrected chi connectivity index (χ1v) is 7.01. The first-order chi connectivity index (χ1) is 7.01. The minimum Gasteiger partial charge on any atom is -0.0654 e. The van der Waals surface area contributed by atoms with Gasteiger partial charge in [-0.2, -0.15) is 0 Å². The Kier molecular flexibility index (Phi) is 2.90. The Balaban J connectivity index is 2.04. The van der Waals surface area contributed by atoms with Crippen LogP contribution < -0.4 is 0 Å². The number of rotatable bonds is 4. The van der Waals surface area contributed by atoms with E-state index in [2.05, 4.69) is 34.6 Å². The van der Waals surface area contributed by atoms with Crippen molar-refractivity contribution in [1.82, 2.24) is 0 Å². The van der Waals surface area contributed by atoms with Gasteiger partial charge in [-0.15, -0.1) is 0 Å². The summed E-state index contributed by atoms with van der Waals surface area (Å²) in [6, 6.07) is 0. The van der Waals surface area contributed by atoms with Gasteiger partial charge in [0.15, 0.2) is 0 Å². The zero-order chi connectivity index (χ0) is 11.2. The molecule has 2 aliphatic carbocycles. The van der Waals surface area contributed by atoms with Crippen LogP contribution in [0.5, 0.6) is 0 Å². The molecule has 2 aliphatic rings. The molecule has 0 amide bonds. The van der Waals surface area contributed by atoms with E-state index in [1.54, 1.807) is 6.42 Å². The second kappa shape index (κ2) is 3.79. The van der Waals surface area contributed by atoms with E-state index in [1.165, 1.54) is 19.3 Å². The minimum absolute atomic E-state index is 0.740. The maximum absolute atomic E-state index is 2.57. The van der Waals surface area contributed by atoms with Crippen molar-refractivity contribution >= 4 is 0 Å². The number of hydrogen-bond acceptors (Lipinski definition) is 0. The molecule has 0 N–H and O–H groups in total. The van der Waals surface area contributed by atoms with Gasteiger partial charge in [-0.1, -0.05) is 47.5 Å². The first-order valence-electron chi connectivity index (χ1n) is 7.01. The molecule has 0 spiro atoms. The Morgan fingerprint density at radius 1 is 1.27 bits per heavy atom. The van der Waals surface area contributed by atoms with E-state index in [9.17, 15) is 0 Å². The average Bonchev–Trinajstić information content (AvgIpc) is 2.20. The lowest BCUT2D eigenvalue weighted by molar-refractivity contribution is -0.204. The lowest BCUT2D eigenvalue weighted by atomic mass is 9.36. The normalized spacial score (nSPS) is 45.6. The van der Waals surface area contributed by atoms with Gasteiger partial charge in [0.25, 0.3) is 0 Å². The van der Waals surface area contributed by atoms with E-state index < -0.39 is 0 Å². The third-order valence-electron chi connectivity index (χ3n) is 5.91. The van der Waals surface area contributed by atoms with E-state index >= 15 is 0 Å². The fraction of sp³-hybridized carbons (Fsp3) is 1.00. The smallest absolute Gasteiger partial charge is 0.0240 e. The van der Waals surface area contributed by atoms with Crippen LogP contribution in [-0.4, -0.2) is 0 Å². The molecule has 0 heterocycles. The topological polar surface area (TPSA) is 0 Å². The highest BCUT2D eigenvalue weighted by Gasteiger charge is 2.63. The second-order valence-electron chi connectivity index (χ2n) is 6.74. The molecular formula is C15H28. The highest BCUT2D eigenvalue weighted by Crippen LogP contribution is 2.70. The van der Waals surface area contributed by atoms with E-state index in [0.29, 0.717) is 0 Å². The molecule has 5 unspecified atom stereocenters. The summed E-state index contributed by atoms with van der Waals surface area (Å²) in [6.45, 7) is 12.3. The molecule has 0 aromatic carbocycles. The van der Waals surface area contributed by atoms with Crippen molar-refractivity contribution in [3.8, 4) is 0 Å². The molecule has 2 fully saturated rings. The zero-order valence-electron chi connectivity index (χ0n) is 11.2. The molecule has 5 atom stereocenters. The lowest BCUT2D eigenvalue weighted by Gasteiger charge is -2.69. The van der Waals surface area contributed by atoms with Gasteiger partial charge in [-0.3, -0.25) is 0 Å². The van der Waals surface area contributed by atoms with E-state index in [-0.39, 0.29) is 0 Å². The fourth-order valence-electron chi connectivity index (χ4n) is 4.56. The minimum atomic E-state index is 0.740. The number of fused-ring (bicyclic) bond motifs is 1. The van der Waals surface area contributed by atoms with Crippen LogP contribution in [-0.2, 0) is 0 Å². The van der Waals surface area contributed by atoms with Gasteiger partial charge in [0.05, 0.1) is 0 Å². The first kappa shape index (κ1) is 11.5. The Hall–Kier alpha value is 0. The van der Waals surface area contributed by atoms with E-state index in [4.69, 9.17) is 0 Å². The lowest BCUT2D eigenvalue weighted by Crippen LogP contribution is -2.62. The molecule has 88 valence electrons. The van der Waals surface area contributed by atoms with Gasteiger partial charge in [0.1, 0.15) is 0 Å². The standard InChI is InChI=1S/C15H28/c1-6-7-13(10(2)3)14-9-12-8-11(4)15(12,14)5/h10-14H,6-9H2,1-5H3. The molecule has 15 heavy (non-hydrogen) atoms. The summed E-state index contributed by atoms with van der Waals surface area (Å²) in [5.41, 5.74) is 0.740. The van der Waals surface area contributed by atoms with Crippen LogP contribution in [0.1, 0.15) is 60.3 Å². The van der Waals surface area contributed by atoms with Crippen LogP contribution in [0.15, 0.2) is 0 Å². The summed E-state index contributed by atoms with van der Waals surface area (Å²) in [5.74, 6) is 5.03. The third-order valence-corrected chi connectivity index (χ3v) is 5.91. The largest absolute Gasteiger partial charge is 0.0654 e. The molecule has 2 saturated carbocycles. The quantitative estimate of drug-likeness (QED) is 0.626. The van der Waals surface area contributed by atoms with Crippen molar-refractivity contribution in [2.75, 3.05) is 0 Å². The Bertz CT molecular complexity index is 224. The van der Waals surface area contributed by atoms with Crippen LogP contribution in [0.3, 0.4) is 0 Å². The van der Waals surface area contributed by atoms with E-state index in [1.807, 2.05) is 0 Å². The van der Waals surface area contributed by atoms with Gasteiger partial charge in [0.2, 0.25) is 0 Å². The maximum atomic E-state index is 2.57. The number of hydrogen-bond donors (Lipinski definition) is 0. The van der Waals surface area contributed by atoms with Gasteiger partial charge >= 0.3 is 0 Å². The Morgan fingerprint density at radius 2 is 1.93 bits per heavy atom. The van der Waals surface area contributed by atoms with Crippen molar-refractivity contribution in [3.05, 3.63) is 0 Å². The molecule has 0 bridgehead atoms. The maximum Gasteiger partial charge on any atom is -0.0240 e.